The molecule has 2 rings (SSSR count). The predicted molar refractivity (Wildman–Crippen MR) is 79.3 cm³/mol. The van der Waals surface area contributed by atoms with E-state index in [1.165, 1.54) is 0 Å². The second-order valence-corrected chi connectivity index (χ2v) is 5.49. The normalized spacial score (nSPS) is 12.6. The van der Waals surface area contributed by atoms with Gasteiger partial charge < -0.3 is 10.4 Å². The first-order valence-corrected chi connectivity index (χ1v) is 7.04. The van der Waals surface area contributed by atoms with Crippen molar-refractivity contribution >= 4 is 23.2 Å². The molecule has 1 aromatic heterocycles. The van der Waals surface area contributed by atoms with E-state index in [0.29, 0.717) is 16.6 Å². The monoisotopic (exact) mass is 314 g/mol. The molecule has 0 aliphatic carbocycles. The highest BCUT2D eigenvalue weighted by Crippen LogP contribution is 2.24. The molecule has 108 valence electrons. The van der Waals surface area contributed by atoms with Crippen LogP contribution in [-0.2, 0) is 6.54 Å². The molecule has 0 aliphatic heterocycles. The van der Waals surface area contributed by atoms with E-state index in [9.17, 15) is 0 Å². The summed E-state index contributed by atoms with van der Waals surface area (Å²) in [7, 11) is 0. The lowest BCUT2D eigenvalue weighted by Gasteiger charge is -2.07. The van der Waals surface area contributed by atoms with Gasteiger partial charge in [-0.25, -0.2) is 4.68 Å². The van der Waals surface area contributed by atoms with Gasteiger partial charge in [0.25, 0.3) is 0 Å². The van der Waals surface area contributed by atoms with Gasteiger partial charge in [0.15, 0.2) is 0 Å². The van der Waals surface area contributed by atoms with Crippen LogP contribution in [0.15, 0.2) is 24.4 Å². The number of rotatable bonds is 6. The van der Waals surface area contributed by atoms with Crippen LogP contribution in [0.5, 0.6) is 0 Å². The number of benzene rings is 1. The number of hydrogen-bond acceptors (Lipinski definition) is 4. The summed E-state index contributed by atoms with van der Waals surface area (Å²) in [5.74, 6) is 0.222. The van der Waals surface area contributed by atoms with Crippen LogP contribution >= 0.6 is 23.2 Å². The number of halogens is 2. The highest BCUT2D eigenvalue weighted by atomic mass is 35.5. The van der Waals surface area contributed by atoms with E-state index in [1.54, 1.807) is 16.8 Å². The number of aromatic nitrogens is 3. The fourth-order valence-corrected chi connectivity index (χ4v) is 1.94. The maximum absolute atomic E-state index is 8.94. The van der Waals surface area contributed by atoms with E-state index in [2.05, 4.69) is 15.6 Å². The van der Waals surface area contributed by atoms with Crippen LogP contribution in [0, 0.1) is 5.92 Å². The summed E-state index contributed by atoms with van der Waals surface area (Å²) in [6.07, 6.45) is 1.83. The second-order valence-electron chi connectivity index (χ2n) is 4.67. The van der Waals surface area contributed by atoms with E-state index < -0.39 is 0 Å². The summed E-state index contributed by atoms with van der Waals surface area (Å²) in [6.45, 7) is 3.48. The van der Waals surface area contributed by atoms with E-state index in [-0.39, 0.29) is 12.5 Å². The van der Waals surface area contributed by atoms with Crippen LogP contribution in [0.4, 0.5) is 0 Å². The van der Waals surface area contributed by atoms with E-state index in [4.69, 9.17) is 28.3 Å². The zero-order valence-electron chi connectivity index (χ0n) is 11.1. The van der Waals surface area contributed by atoms with Gasteiger partial charge in [0, 0.05) is 19.7 Å². The standard InChI is InChI=1S/C13H16Cl2N4O/c1-9(8-20)5-16-6-10-7-19(18-17-10)11-2-3-12(14)13(15)4-11/h2-4,7,9,16,20H,5-6,8H2,1H3/t9-/m0/s1. The number of nitrogens with zero attached hydrogens (tertiary/aromatic N) is 3. The topological polar surface area (TPSA) is 63.0 Å². The smallest absolute Gasteiger partial charge is 0.0969 e. The molecule has 0 aliphatic rings. The Morgan fingerprint density at radius 1 is 1.35 bits per heavy atom. The fourth-order valence-electron chi connectivity index (χ4n) is 1.64. The van der Waals surface area contributed by atoms with Gasteiger partial charge in [-0.05, 0) is 24.1 Å². The molecular weight excluding hydrogens is 299 g/mol. The van der Waals surface area contributed by atoms with E-state index in [1.807, 2.05) is 19.2 Å². The Kier molecular flexibility index (Phi) is 5.37. The Morgan fingerprint density at radius 2 is 2.15 bits per heavy atom. The molecule has 2 N–H and O–H groups in total. The Morgan fingerprint density at radius 3 is 2.85 bits per heavy atom. The Bertz CT molecular complexity index is 573. The van der Waals surface area contributed by atoms with Crippen molar-refractivity contribution in [1.82, 2.24) is 20.3 Å². The third-order valence-corrected chi connectivity index (χ3v) is 3.56. The minimum Gasteiger partial charge on any atom is -0.396 e. The SMILES string of the molecule is C[C@H](CO)CNCc1cn(-c2ccc(Cl)c(Cl)c2)nn1. The molecule has 0 saturated heterocycles. The fraction of sp³-hybridized carbons (Fsp3) is 0.385. The minimum atomic E-state index is 0.170. The minimum absolute atomic E-state index is 0.170. The third kappa shape index (κ3) is 3.93. The molecule has 0 amide bonds. The van der Waals surface area contributed by atoms with Crippen molar-refractivity contribution in [3.8, 4) is 5.69 Å². The highest BCUT2D eigenvalue weighted by Gasteiger charge is 2.06. The zero-order chi connectivity index (χ0) is 14.5. The van der Waals surface area contributed by atoms with Gasteiger partial charge in [-0.1, -0.05) is 35.3 Å². The molecule has 2 aromatic rings. The van der Waals surface area contributed by atoms with Crippen LogP contribution in [-0.4, -0.2) is 33.3 Å². The largest absolute Gasteiger partial charge is 0.396 e. The second kappa shape index (κ2) is 7.04. The maximum Gasteiger partial charge on any atom is 0.0969 e. The molecule has 20 heavy (non-hydrogen) atoms. The summed E-state index contributed by atoms with van der Waals surface area (Å²) in [5, 5.41) is 21.3. The number of hydrogen-bond donors (Lipinski definition) is 2. The molecule has 0 saturated carbocycles. The van der Waals surface area contributed by atoms with Crippen LogP contribution in [0.2, 0.25) is 10.0 Å². The molecule has 1 aromatic carbocycles. The van der Waals surface area contributed by atoms with E-state index >= 15 is 0 Å². The molecule has 5 nitrogen and oxygen atoms in total. The van der Waals surface area contributed by atoms with Crippen LogP contribution < -0.4 is 5.32 Å². The lowest BCUT2D eigenvalue weighted by Crippen LogP contribution is -2.22. The van der Waals surface area contributed by atoms with Gasteiger partial charge in [0.05, 0.1) is 27.6 Å². The quantitative estimate of drug-likeness (QED) is 0.858. The lowest BCUT2D eigenvalue weighted by atomic mass is 10.2. The number of nitrogens with one attached hydrogen (secondary N) is 1. The number of aliphatic hydroxyl groups excluding tert-OH is 1. The molecule has 0 fully saturated rings. The highest BCUT2D eigenvalue weighted by molar-refractivity contribution is 6.42. The van der Waals surface area contributed by atoms with Crippen molar-refractivity contribution in [3.05, 3.63) is 40.1 Å². The van der Waals surface area contributed by atoms with Gasteiger partial charge in [-0.3, -0.25) is 0 Å². The van der Waals surface area contributed by atoms with Crippen LogP contribution in [0.25, 0.3) is 5.69 Å². The van der Waals surface area contributed by atoms with Crippen molar-refractivity contribution < 1.29 is 5.11 Å². The molecule has 0 spiro atoms. The summed E-state index contributed by atoms with van der Waals surface area (Å²) < 4.78 is 1.65. The molecule has 1 atom stereocenters. The van der Waals surface area contributed by atoms with Gasteiger partial charge in [0.1, 0.15) is 0 Å². The van der Waals surface area contributed by atoms with Crippen molar-refractivity contribution in [2.24, 2.45) is 5.92 Å². The first-order valence-electron chi connectivity index (χ1n) is 6.28. The Hall–Kier alpha value is -1.14. The third-order valence-electron chi connectivity index (χ3n) is 2.82. The average molecular weight is 315 g/mol. The molecular formula is C13H16Cl2N4O. The maximum atomic E-state index is 8.94. The number of aliphatic hydroxyl groups is 1. The molecule has 1 heterocycles. The molecule has 7 heteroatoms. The molecule has 0 unspecified atom stereocenters. The average Bonchev–Trinajstić information content (AvgIpc) is 2.90. The lowest BCUT2D eigenvalue weighted by molar-refractivity contribution is 0.233. The van der Waals surface area contributed by atoms with Crippen LogP contribution in [0.1, 0.15) is 12.6 Å². The predicted octanol–water partition coefficient (Wildman–Crippen LogP) is 2.29. The Balaban J connectivity index is 1.99. The van der Waals surface area contributed by atoms with E-state index in [0.717, 1.165) is 17.9 Å². The summed E-state index contributed by atoms with van der Waals surface area (Å²) in [4.78, 5) is 0. The van der Waals surface area contributed by atoms with Crippen molar-refractivity contribution in [2.45, 2.75) is 13.5 Å². The Labute approximate surface area is 127 Å². The van der Waals surface area contributed by atoms with Crippen molar-refractivity contribution in [2.75, 3.05) is 13.2 Å². The zero-order valence-corrected chi connectivity index (χ0v) is 12.6. The van der Waals surface area contributed by atoms with Gasteiger partial charge in [-0.2, -0.15) is 0 Å². The van der Waals surface area contributed by atoms with Gasteiger partial charge in [0.2, 0.25) is 0 Å². The van der Waals surface area contributed by atoms with Crippen molar-refractivity contribution in [1.29, 1.82) is 0 Å². The summed E-state index contributed by atoms with van der Waals surface area (Å²) >= 11 is 11.9. The first kappa shape index (κ1) is 15.3. The van der Waals surface area contributed by atoms with Gasteiger partial charge in [-0.15, -0.1) is 5.10 Å². The van der Waals surface area contributed by atoms with Crippen LogP contribution in [0.3, 0.4) is 0 Å². The summed E-state index contributed by atoms with van der Waals surface area (Å²) in [6, 6.07) is 5.29. The first-order chi connectivity index (χ1) is 9.60. The van der Waals surface area contributed by atoms with Crippen molar-refractivity contribution in [3.63, 3.8) is 0 Å². The molecule has 0 radical (unpaired) electrons. The summed E-state index contributed by atoms with van der Waals surface area (Å²) in [5.41, 5.74) is 1.63. The molecule has 0 bridgehead atoms. The van der Waals surface area contributed by atoms with Gasteiger partial charge >= 0.3 is 0 Å².